The largest absolute Gasteiger partial charge is 0.489 e. The van der Waals surface area contributed by atoms with Crippen LogP contribution in [0.4, 0.5) is 0 Å². The van der Waals surface area contributed by atoms with Gasteiger partial charge in [-0.05, 0) is 36.6 Å². The van der Waals surface area contributed by atoms with Crippen LogP contribution in [0.2, 0.25) is 0 Å². The zero-order chi connectivity index (χ0) is 11.8. The molecule has 0 fully saturated rings. The summed E-state index contributed by atoms with van der Waals surface area (Å²) in [4.78, 5) is -0.0963. The van der Waals surface area contributed by atoms with Gasteiger partial charge in [0.1, 0.15) is 11.9 Å². The number of hydrogen-bond donors (Lipinski definition) is 2. The standard InChI is InChI=1S/C10H13NO4S/c11-6-8-2-1-7-5-9(16(12,13)14)3-4-10(7)15-8/h3-5,8H,1-2,6,11H2,(H,12,13,14)/t8-/m0/s1. The fourth-order valence-electron chi connectivity index (χ4n) is 1.75. The maximum absolute atomic E-state index is 10.9. The van der Waals surface area contributed by atoms with Gasteiger partial charge in [-0.2, -0.15) is 8.42 Å². The van der Waals surface area contributed by atoms with E-state index in [1.807, 2.05) is 0 Å². The smallest absolute Gasteiger partial charge is 0.294 e. The molecule has 0 bridgehead atoms. The normalized spacial score (nSPS) is 20.0. The average Bonchev–Trinajstić information content (AvgIpc) is 2.26. The summed E-state index contributed by atoms with van der Waals surface area (Å²) in [5.41, 5.74) is 6.29. The van der Waals surface area contributed by atoms with Crippen LogP contribution in [-0.2, 0) is 16.5 Å². The molecule has 88 valence electrons. The second-order valence-corrected chi connectivity index (χ2v) is 5.18. The van der Waals surface area contributed by atoms with Crippen LogP contribution in [0.5, 0.6) is 5.75 Å². The zero-order valence-corrected chi connectivity index (χ0v) is 9.40. The monoisotopic (exact) mass is 243 g/mol. The molecule has 0 spiro atoms. The second-order valence-electron chi connectivity index (χ2n) is 3.76. The Morgan fingerprint density at radius 1 is 1.50 bits per heavy atom. The van der Waals surface area contributed by atoms with Gasteiger partial charge in [-0.3, -0.25) is 4.55 Å². The van der Waals surface area contributed by atoms with Crippen molar-refractivity contribution in [2.24, 2.45) is 5.73 Å². The Kier molecular flexibility index (Phi) is 2.88. The van der Waals surface area contributed by atoms with Crippen LogP contribution in [0, 0.1) is 0 Å². The van der Waals surface area contributed by atoms with Crippen LogP contribution in [0.3, 0.4) is 0 Å². The van der Waals surface area contributed by atoms with Gasteiger partial charge in [0.25, 0.3) is 10.1 Å². The van der Waals surface area contributed by atoms with Crippen molar-refractivity contribution in [2.75, 3.05) is 6.54 Å². The molecule has 0 unspecified atom stereocenters. The van der Waals surface area contributed by atoms with Crippen LogP contribution in [0.25, 0.3) is 0 Å². The summed E-state index contributed by atoms with van der Waals surface area (Å²) in [6.07, 6.45) is 1.46. The van der Waals surface area contributed by atoms with Gasteiger partial charge in [0, 0.05) is 6.54 Å². The number of aryl methyl sites for hydroxylation is 1. The molecule has 0 aromatic heterocycles. The van der Waals surface area contributed by atoms with Crippen molar-refractivity contribution in [1.29, 1.82) is 0 Å². The Balaban J connectivity index is 2.35. The van der Waals surface area contributed by atoms with Crippen molar-refractivity contribution in [3.63, 3.8) is 0 Å². The van der Waals surface area contributed by atoms with Gasteiger partial charge in [0.05, 0.1) is 4.90 Å². The van der Waals surface area contributed by atoms with Crippen molar-refractivity contribution in [2.45, 2.75) is 23.8 Å². The molecule has 0 aliphatic carbocycles. The SMILES string of the molecule is NC[C@@H]1CCc2cc(S(=O)(=O)O)ccc2O1. The molecular formula is C10H13NO4S. The lowest BCUT2D eigenvalue weighted by molar-refractivity contribution is 0.181. The molecule has 1 heterocycles. The molecule has 5 nitrogen and oxygen atoms in total. The Bertz CT molecular complexity index is 498. The van der Waals surface area contributed by atoms with Crippen molar-refractivity contribution < 1.29 is 17.7 Å². The molecule has 1 aliphatic heterocycles. The van der Waals surface area contributed by atoms with Gasteiger partial charge in [0.2, 0.25) is 0 Å². The molecule has 1 aromatic rings. The topological polar surface area (TPSA) is 89.6 Å². The molecule has 16 heavy (non-hydrogen) atoms. The molecule has 0 saturated heterocycles. The lowest BCUT2D eigenvalue weighted by Crippen LogP contribution is -2.30. The molecule has 0 amide bonds. The Hall–Kier alpha value is -1.11. The van der Waals surface area contributed by atoms with E-state index in [9.17, 15) is 8.42 Å². The fraction of sp³-hybridized carbons (Fsp3) is 0.400. The van der Waals surface area contributed by atoms with E-state index in [-0.39, 0.29) is 11.0 Å². The first kappa shape index (κ1) is 11.4. The fourth-order valence-corrected chi connectivity index (χ4v) is 2.28. The minimum absolute atomic E-state index is 0.0101. The number of nitrogens with two attached hydrogens (primary N) is 1. The first-order chi connectivity index (χ1) is 7.50. The highest BCUT2D eigenvalue weighted by Gasteiger charge is 2.20. The Labute approximate surface area is 94.0 Å². The van der Waals surface area contributed by atoms with Gasteiger partial charge in [-0.1, -0.05) is 0 Å². The maximum Gasteiger partial charge on any atom is 0.294 e. The zero-order valence-electron chi connectivity index (χ0n) is 8.59. The highest BCUT2D eigenvalue weighted by molar-refractivity contribution is 7.85. The molecule has 1 aliphatic rings. The van der Waals surface area contributed by atoms with E-state index in [1.54, 1.807) is 6.07 Å². The third-order valence-electron chi connectivity index (χ3n) is 2.62. The van der Waals surface area contributed by atoms with Crippen molar-refractivity contribution >= 4 is 10.1 Å². The first-order valence-electron chi connectivity index (χ1n) is 4.98. The van der Waals surface area contributed by atoms with Crippen LogP contribution < -0.4 is 10.5 Å². The quantitative estimate of drug-likeness (QED) is 0.742. The van der Waals surface area contributed by atoms with Crippen LogP contribution in [0.15, 0.2) is 23.1 Å². The van der Waals surface area contributed by atoms with Gasteiger partial charge in [0.15, 0.2) is 0 Å². The highest BCUT2D eigenvalue weighted by atomic mass is 32.2. The summed E-state index contributed by atoms with van der Waals surface area (Å²) in [7, 11) is -4.14. The molecule has 1 aromatic carbocycles. The molecule has 0 radical (unpaired) electrons. The summed E-state index contributed by atoms with van der Waals surface area (Å²) in [5, 5.41) is 0. The third-order valence-corrected chi connectivity index (χ3v) is 3.47. The second kappa shape index (κ2) is 4.04. The molecule has 3 N–H and O–H groups in total. The van der Waals surface area contributed by atoms with Gasteiger partial charge in [-0.15, -0.1) is 0 Å². The maximum atomic E-state index is 10.9. The van der Waals surface area contributed by atoms with Crippen molar-refractivity contribution in [1.82, 2.24) is 0 Å². The highest BCUT2D eigenvalue weighted by Crippen LogP contribution is 2.29. The van der Waals surface area contributed by atoms with E-state index < -0.39 is 10.1 Å². The summed E-state index contributed by atoms with van der Waals surface area (Å²) >= 11 is 0. The van der Waals surface area contributed by atoms with E-state index in [0.717, 1.165) is 12.0 Å². The molecule has 2 rings (SSSR count). The van der Waals surface area contributed by atoms with Crippen molar-refractivity contribution in [3.8, 4) is 5.75 Å². The number of fused-ring (bicyclic) bond motifs is 1. The number of benzene rings is 1. The van der Waals surface area contributed by atoms with E-state index in [4.69, 9.17) is 15.0 Å². The van der Waals surface area contributed by atoms with E-state index in [2.05, 4.69) is 0 Å². The lowest BCUT2D eigenvalue weighted by atomic mass is 10.0. The first-order valence-corrected chi connectivity index (χ1v) is 6.42. The predicted octanol–water partition coefficient (Wildman–Crippen LogP) is 0.586. The number of rotatable bonds is 2. The van der Waals surface area contributed by atoms with Crippen LogP contribution in [0.1, 0.15) is 12.0 Å². The van der Waals surface area contributed by atoms with E-state index in [0.29, 0.717) is 18.7 Å². The van der Waals surface area contributed by atoms with Gasteiger partial charge < -0.3 is 10.5 Å². The van der Waals surface area contributed by atoms with Crippen LogP contribution >= 0.6 is 0 Å². The molecule has 0 saturated carbocycles. The number of hydrogen-bond acceptors (Lipinski definition) is 4. The summed E-state index contributed by atoms with van der Waals surface area (Å²) in [6.45, 7) is 0.444. The van der Waals surface area contributed by atoms with Gasteiger partial charge in [-0.25, -0.2) is 0 Å². The minimum Gasteiger partial charge on any atom is -0.489 e. The molecular weight excluding hydrogens is 230 g/mol. The summed E-state index contributed by atoms with van der Waals surface area (Å²) < 4.78 is 36.3. The van der Waals surface area contributed by atoms with E-state index >= 15 is 0 Å². The minimum atomic E-state index is -4.14. The molecule has 6 heteroatoms. The Morgan fingerprint density at radius 2 is 2.25 bits per heavy atom. The molecule has 1 atom stereocenters. The average molecular weight is 243 g/mol. The van der Waals surface area contributed by atoms with Crippen molar-refractivity contribution in [3.05, 3.63) is 23.8 Å². The lowest BCUT2D eigenvalue weighted by Gasteiger charge is -2.25. The van der Waals surface area contributed by atoms with E-state index in [1.165, 1.54) is 12.1 Å². The van der Waals surface area contributed by atoms with Crippen LogP contribution in [-0.4, -0.2) is 25.6 Å². The van der Waals surface area contributed by atoms with Gasteiger partial charge >= 0.3 is 0 Å². The predicted molar refractivity (Wildman–Crippen MR) is 58.0 cm³/mol. The summed E-state index contributed by atoms with van der Waals surface area (Å²) in [5.74, 6) is 0.647. The number of ether oxygens (including phenoxy) is 1. The Morgan fingerprint density at radius 3 is 2.88 bits per heavy atom. The summed E-state index contributed by atoms with van der Waals surface area (Å²) in [6, 6.07) is 4.32. The third kappa shape index (κ3) is 2.18.